The van der Waals surface area contributed by atoms with Crippen molar-refractivity contribution in [1.82, 2.24) is 9.55 Å². The third-order valence-electron chi connectivity index (χ3n) is 2.99. The molecule has 0 saturated carbocycles. The number of hydrogen-bond donors (Lipinski definition) is 2. The Morgan fingerprint density at radius 3 is 3.00 bits per heavy atom. The number of rotatable bonds is 3. The summed E-state index contributed by atoms with van der Waals surface area (Å²) in [5, 5.41) is 9.10. The molecule has 2 atom stereocenters. The Bertz CT molecular complexity index is 551. The van der Waals surface area contributed by atoms with Crippen LogP contribution in [0.4, 0.5) is 5.82 Å². The Morgan fingerprint density at radius 2 is 2.39 bits per heavy atom. The van der Waals surface area contributed by atoms with Crippen molar-refractivity contribution in [3.8, 4) is 0 Å². The lowest BCUT2D eigenvalue weighted by Crippen LogP contribution is -2.27. The molecule has 6 heteroatoms. The molecule has 5 nitrogen and oxygen atoms in total. The number of hydrogen-bond acceptors (Lipinski definition) is 4. The summed E-state index contributed by atoms with van der Waals surface area (Å²) in [5.41, 5.74) is 6.06. The summed E-state index contributed by atoms with van der Waals surface area (Å²) in [6.07, 6.45) is 8.10. The highest BCUT2D eigenvalue weighted by Crippen LogP contribution is 2.26. The Kier molecular flexibility index (Phi) is 4.18. The van der Waals surface area contributed by atoms with Gasteiger partial charge < -0.3 is 10.8 Å². The van der Waals surface area contributed by atoms with Gasteiger partial charge in [0.1, 0.15) is 5.82 Å². The molecule has 1 heterocycles. The highest BCUT2D eigenvalue weighted by molar-refractivity contribution is 14.1. The van der Waals surface area contributed by atoms with E-state index in [-0.39, 0.29) is 30.1 Å². The van der Waals surface area contributed by atoms with Crippen LogP contribution in [-0.2, 0) is 0 Å². The number of halogens is 1. The summed E-state index contributed by atoms with van der Waals surface area (Å²) in [4.78, 5) is 15.6. The van der Waals surface area contributed by atoms with E-state index in [4.69, 9.17) is 10.8 Å². The number of allylic oxidation sites excluding steroid dienone is 1. The Morgan fingerprint density at radius 1 is 1.61 bits per heavy atom. The van der Waals surface area contributed by atoms with Crippen LogP contribution in [0.25, 0.3) is 6.08 Å². The van der Waals surface area contributed by atoms with Crippen molar-refractivity contribution in [1.29, 1.82) is 0 Å². The fourth-order valence-corrected chi connectivity index (χ4v) is 2.41. The largest absolute Gasteiger partial charge is 0.396 e. The summed E-state index contributed by atoms with van der Waals surface area (Å²) in [6, 6.07) is -0.0517. The molecule has 0 fully saturated rings. The van der Waals surface area contributed by atoms with Crippen molar-refractivity contribution in [3.05, 3.63) is 38.5 Å². The van der Waals surface area contributed by atoms with Gasteiger partial charge in [0.25, 0.3) is 0 Å². The highest BCUT2D eigenvalue weighted by Gasteiger charge is 2.21. The first kappa shape index (κ1) is 13.3. The van der Waals surface area contributed by atoms with Crippen molar-refractivity contribution in [2.75, 3.05) is 12.3 Å². The molecule has 0 saturated heterocycles. The highest BCUT2D eigenvalue weighted by atomic mass is 127. The van der Waals surface area contributed by atoms with Crippen LogP contribution in [0, 0.1) is 5.92 Å². The van der Waals surface area contributed by atoms with Gasteiger partial charge in [0.05, 0.1) is 6.04 Å². The van der Waals surface area contributed by atoms with Crippen molar-refractivity contribution in [3.63, 3.8) is 0 Å². The molecule has 3 N–H and O–H groups in total. The standard InChI is InChI=1S/C12H14IN3O2/c13-4-3-9-6-16(12(18)15-11(9)14)10-2-1-8(5-10)7-17/h1-4,6,8,10,17H,5,7H2,(H2,14,15,18)/b4-3+/t8-,10+/m1/s1. The monoisotopic (exact) mass is 359 g/mol. The Balaban J connectivity index is 2.37. The van der Waals surface area contributed by atoms with Crippen LogP contribution in [-0.4, -0.2) is 21.3 Å². The zero-order valence-corrected chi connectivity index (χ0v) is 11.8. The van der Waals surface area contributed by atoms with Crippen LogP contribution < -0.4 is 11.4 Å². The van der Waals surface area contributed by atoms with Crippen LogP contribution in [0.1, 0.15) is 18.0 Å². The van der Waals surface area contributed by atoms with E-state index < -0.39 is 0 Å². The van der Waals surface area contributed by atoms with E-state index in [1.807, 2.05) is 16.2 Å². The number of anilines is 1. The minimum atomic E-state index is -0.355. The van der Waals surface area contributed by atoms with E-state index in [0.717, 1.165) is 12.0 Å². The van der Waals surface area contributed by atoms with Crippen LogP contribution in [0.5, 0.6) is 0 Å². The smallest absolute Gasteiger partial charge is 0.350 e. The molecule has 0 radical (unpaired) electrons. The molecule has 1 aliphatic rings. The van der Waals surface area contributed by atoms with Crippen molar-refractivity contribution in [2.45, 2.75) is 12.5 Å². The maximum atomic E-state index is 11.8. The summed E-state index contributed by atoms with van der Waals surface area (Å²) >= 11 is 2.09. The number of nitrogen functional groups attached to an aromatic ring is 1. The van der Waals surface area contributed by atoms with Gasteiger partial charge in [-0.1, -0.05) is 34.7 Å². The normalized spacial score (nSPS) is 23.0. The summed E-state index contributed by atoms with van der Waals surface area (Å²) in [5.74, 6) is 0.355. The first-order chi connectivity index (χ1) is 8.65. The molecule has 1 aromatic heterocycles. The lowest BCUT2D eigenvalue weighted by atomic mass is 10.1. The van der Waals surface area contributed by atoms with Gasteiger partial charge in [-0.25, -0.2) is 4.79 Å². The molecular formula is C12H14IN3O2. The average Bonchev–Trinajstić information content (AvgIpc) is 2.81. The van der Waals surface area contributed by atoms with Crippen molar-refractivity contribution in [2.24, 2.45) is 5.92 Å². The lowest BCUT2D eigenvalue weighted by molar-refractivity contribution is 0.243. The van der Waals surface area contributed by atoms with Gasteiger partial charge in [0, 0.05) is 24.3 Å². The number of nitrogens with two attached hydrogens (primary N) is 1. The van der Waals surface area contributed by atoms with E-state index in [1.54, 1.807) is 16.8 Å². The molecule has 18 heavy (non-hydrogen) atoms. The van der Waals surface area contributed by atoms with Gasteiger partial charge in [-0.3, -0.25) is 4.57 Å². The topological polar surface area (TPSA) is 81.1 Å². The predicted octanol–water partition coefficient (Wildman–Crippen LogP) is 1.34. The fraction of sp³-hybridized carbons (Fsp3) is 0.333. The summed E-state index contributed by atoms with van der Waals surface area (Å²) in [6.45, 7) is 0.102. The molecule has 96 valence electrons. The van der Waals surface area contributed by atoms with Crippen LogP contribution in [0.3, 0.4) is 0 Å². The third kappa shape index (κ3) is 2.64. The molecule has 1 aromatic rings. The third-order valence-corrected chi connectivity index (χ3v) is 3.35. The van der Waals surface area contributed by atoms with Crippen molar-refractivity contribution >= 4 is 34.5 Å². The minimum Gasteiger partial charge on any atom is -0.396 e. The summed E-state index contributed by atoms with van der Waals surface area (Å²) < 4.78 is 3.38. The molecule has 0 unspecified atom stereocenters. The first-order valence-electron chi connectivity index (χ1n) is 5.60. The summed E-state index contributed by atoms with van der Waals surface area (Å²) in [7, 11) is 0. The fourth-order valence-electron chi connectivity index (χ4n) is 2.02. The van der Waals surface area contributed by atoms with Gasteiger partial charge in [-0.15, -0.1) is 0 Å². The van der Waals surface area contributed by atoms with E-state index in [0.29, 0.717) is 0 Å². The molecular weight excluding hydrogens is 345 g/mol. The molecule has 0 aliphatic heterocycles. The van der Waals surface area contributed by atoms with Crippen LogP contribution >= 0.6 is 22.6 Å². The average molecular weight is 359 g/mol. The maximum Gasteiger partial charge on any atom is 0.350 e. The van der Waals surface area contributed by atoms with Crippen LogP contribution in [0.2, 0.25) is 0 Å². The second kappa shape index (κ2) is 5.66. The number of aliphatic hydroxyl groups is 1. The van der Waals surface area contributed by atoms with Gasteiger partial charge in [0.2, 0.25) is 0 Å². The van der Waals surface area contributed by atoms with E-state index in [9.17, 15) is 4.79 Å². The molecule has 0 spiro atoms. The SMILES string of the molecule is Nc1nc(=O)n([C@H]2C=C[C@@H](CO)C2)cc1/C=C/I. The lowest BCUT2D eigenvalue weighted by Gasteiger charge is -2.14. The van der Waals surface area contributed by atoms with E-state index >= 15 is 0 Å². The number of nitrogens with zero attached hydrogens (tertiary/aromatic N) is 2. The molecule has 0 bridgehead atoms. The molecule has 2 rings (SSSR count). The van der Waals surface area contributed by atoms with Gasteiger partial charge in [0.15, 0.2) is 0 Å². The second-order valence-electron chi connectivity index (χ2n) is 4.19. The Labute approximate surface area is 118 Å². The quantitative estimate of drug-likeness (QED) is 0.631. The van der Waals surface area contributed by atoms with Gasteiger partial charge in [-0.05, 0) is 16.6 Å². The van der Waals surface area contributed by atoms with Crippen molar-refractivity contribution < 1.29 is 5.11 Å². The molecule has 0 amide bonds. The zero-order valence-electron chi connectivity index (χ0n) is 9.66. The minimum absolute atomic E-state index is 0.0517. The Hall–Kier alpha value is -1.15. The number of aromatic nitrogens is 2. The maximum absolute atomic E-state index is 11.8. The van der Waals surface area contributed by atoms with E-state index in [1.165, 1.54) is 0 Å². The molecule has 0 aromatic carbocycles. The van der Waals surface area contributed by atoms with Gasteiger partial charge in [-0.2, -0.15) is 4.98 Å². The van der Waals surface area contributed by atoms with Gasteiger partial charge >= 0.3 is 5.69 Å². The first-order valence-corrected chi connectivity index (χ1v) is 6.85. The molecule has 1 aliphatic carbocycles. The number of aliphatic hydroxyl groups excluding tert-OH is 1. The predicted molar refractivity (Wildman–Crippen MR) is 79.3 cm³/mol. The van der Waals surface area contributed by atoms with Crippen LogP contribution in [0.15, 0.2) is 27.2 Å². The second-order valence-corrected chi connectivity index (χ2v) is 4.91. The zero-order chi connectivity index (χ0) is 13.1. The van der Waals surface area contributed by atoms with E-state index in [2.05, 4.69) is 27.6 Å².